The van der Waals surface area contributed by atoms with Crippen molar-refractivity contribution in [2.24, 2.45) is 0 Å². The van der Waals surface area contributed by atoms with Crippen LogP contribution in [0.5, 0.6) is 0 Å². The van der Waals surface area contributed by atoms with Crippen molar-refractivity contribution in [2.45, 2.75) is 45.2 Å². The van der Waals surface area contributed by atoms with Crippen molar-refractivity contribution in [3.63, 3.8) is 0 Å². The summed E-state index contributed by atoms with van der Waals surface area (Å²) in [5.41, 5.74) is 1.81. The number of benzene rings is 1. The number of halogens is 1. The average Bonchev–Trinajstić information content (AvgIpc) is 2.42. The second kappa shape index (κ2) is 6.49. The Morgan fingerprint density at radius 2 is 2.21 bits per heavy atom. The Morgan fingerprint density at radius 3 is 2.89 bits per heavy atom. The van der Waals surface area contributed by atoms with E-state index in [4.69, 9.17) is 0 Å². The number of likely N-dealkylation sites (tertiary alicyclic amines) is 1. The van der Waals surface area contributed by atoms with E-state index in [2.05, 4.69) is 23.2 Å². The maximum Gasteiger partial charge on any atom is 0.126 e. The molecule has 0 radical (unpaired) electrons. The van der Waals surface area contributed by atoms with Crippen molar-refractivity contribution in [2.75, 3.05) is 20.1 Å². The predicted molar refractivity (Wildman–Crippen MR) is 77.8 cm³/mol. The summed E-state index contributed by atoms with van der Waals surface area (Å²) >= 11 is 0. The van der Waals surface area contributed by atoms with Gasteiger partial charge in [-0.3, -0.25) is 4.90 Å². The van der Waals surface area contributed by atoms with Crippen LogP contribution in [0.4, 0.5) is 4.39 Å². The molecule has 1 heterocycles. The molecular formula is C16H25FN2. The van der Waals surface area contributed by atoms with Gasteiger partial charge in [0.05, 0.1) is 0 Å². The third-order valence-corrected chi connectivity index (χ3v) is 4.29. The van der Waals surface area contributed by atoms with Gasteiger partial charge < -0.3 is 5.32 Å². The van der Waals surface area contributed by atoms with Crippen LogP contribution >= 0.6 is 0 Å². The van der Waals surface area contributed by atoms with Crippen LogP contribution < -0.4 is 5.32 Å². The van der Waals surface area contributed by atoms with E-state index in [-0.39, 0.29) is 11.9 Å². The normalized spacial score (nSPS) is 22.4. The Morgan fingerprint density at radius 1 is 1.42 bits per heavy atom. The van der Waals surface area contributed by atoms with Gasteiger partial charge in [-0.05, 0) is 57.5 Å². The molecule has 1 aliphatic rings. The first-order chi connectivity index (χ1) is 9.13. The minimum atomic E-state index is -0.0912. The van der Waals surface area contributed by atoms with Gasteiger partial charge in [0.15, 0.2) is 0 Å². The first-order valence-corrected chi connectivity index (χ1v) is 7.30. The maximum absolute atomic E-state index is 13.7. The number of nitrogens with zero attached hydrogens (tertiary/aromatic N) is 1. The Balaban J connectivity index is 2.15. The number of nitrogens with one attached hydrogen (secondary N) is 1. The van der Waals surface area contributed by atoms with Gasteiger partial charge in [0.1, 0.15) is 5.82 Å². The van der Waals surface area contributed by atoms with Gasteiger partial charge in [0, 0.05) is 18.6 Å². The fraction of sp³-hybridized carbons (Fsp3) is 0.625. The minimum absolute atomic E-state index is 0.0912. The third-order valence-electron chi connectivity index (χ3n) is 4.29. The number of rotatable bonds is 4. The zero-order chi connectivity index (χ0) is 13.8. The monoisotopic (exact) mass is 264 g/mol. The highest BCUT2D eigenvalue weighted by Gasteiger charge is 2.26. The zero-order valence-electron chi connectivity index (χ0n) is 12.2. The molecular weight excluding hydrogens is 239 g/mol. The van der Waals surface area contributed by atoms with Crippen molar-refractivity contribution in [3.05, 3.63) is 35.1 Å². The Hall–Kier alpha value is -0.930. The van der Waals surface area contributed by atoms with Gasteiger partial charge >= 0.3 is 0 Å². The van der Waals surface area contributed by atoms with Crippen molar-refractivity contribution in [1.82, 2.24) is 10.2 Å². The van der Waals surface area contributed by atoms with Crippen molar-refractivity contribution < 1.29 is 4.39 Å². The highest BCUT2D eigenvalue weighted by Crippen LogP contribution is 2.28. The summed E-state index contributed by atoms with van der Waals surface area (Å²) in [6, 6.07) is 6.50. The fourth-order valence-electron chi connectivity index (χ4n) is 3.05. The largest absolute Gasteiger partial charge is 0.318 e. The third kappa shape index (κ3) is 3.34. The van der Waals surface area contributed by atoms with Gasteiger partial charge in [0.25, 0.3) is 0 Å². The summed E-state index contributed by atoms with van der Waals surface area (Å²) < 4.78 is 13.7. The van der Waals surface area contributed by atoms with Crippen molar-refractivity contribution in [3.8, 4) is 0 Å². The molecule has 0 spiro atoms. The van der Waals surface area contributed by atoms with Crippen LogP contribution in [0, 0.1) is 12.7 Å². The fourth-order valence-corrected chi connectivity index (χ4v) is 3.05. The molecule has 106 valence electrons. The Labute approximate surface area is 116 Å². The van der Waals surface area contributed by atoms with E-state index in [0.29, 0.717) is 6.04 Å². The SMILES string of the molecule is CNCC1CCCCN1C(C)c1ccc(C)c(F)c1. The smallest absolute Gasteiger partial charge is 0.126 e. The second-order valence-corrected chi connectivity index (χ2v) is 5.63. The topological polar surface area (TPSA) is 15.3 Å². The lowest BCUT2D eigenvalue weighted by atomic mass is 9.96. The van der Waals surface area contributed by atoms with E-state index < -0.39 is 0 Å². The zero-order valence-corrected chi connectivity index (χ0v) is 12.2. The summed E-state index contributed by atoms with van der Waals surface area (Å²) in [6.45, 7) is 6.13. The molecule has 1 aromatic rings. The van der Waals surface area contributed by atoms with Crippen LogP contribution in [-0.2, 0) is 0 Å². The molecule has 1 N–H and O–H groups in total. The lowest BCUT2D eigenvalue weighted by molar-refractivity contribution is 0.103. The molecule has 1 aromatic carbocycles. The predicted octanol–water partition coefficient (Wildman–Crippen LogP) is 3.27. The van der Waals surface area contributed by atoms with E-state index >= 15 is 0 Å². The van der Waals surface area contributed by atoms with Crippen molar-refractivity contribution >= 4 is 0 Å². The van der Waals surface area contributed by atoms with Crippen LogP contribution in [0.3, 0.4) is 0 Å². The Bertz CT molecular complexity index is 417. The molecule has 19 heavy (non-hydrogen) atoms. The van der Waals surface area contributed by atoms with E-state index in [1.165, 1.54) is 19.3 Å². The van der Waals surface area contributed by atoms with E-state index in [0.717, 1.165) is 24.2 Å². The summed E-state index contributed by atoms with van der Waals surface area (Å²) in [5.74, 6) is -0.0912. The molecule has 0 aromatic heterocycles. The average molecular weight is 264 g/mol. The summed E-state index contributed by atoms with van der Waals surface area (Å²) in [7, 11) is 2.00. The maximum atomic E-state index is 13.7. The molecule has 0 aliphatic carbocycles. The summed E-state index contributed by atoms with van der Waals surface area (Å²) in [4.78, 5) is 2.52. The standard InChI is InChI=1S/C16H25FN2/c1-12-7-8-14(10-16(12)17)13(2)19-9-5-4-6-15(19)11-18-3/h7-8,10,13,15,18H,4-6,9,11H2,1-3H3. The highest BCUT2D eigenvalue weighted by molar-refractivity contribution is 5.25. The number of likely N-dealkylation sites (N-methyl/N-ethyl adjacent to an activating group) is 1. The summed E-state index contributed by atoms with van der Waals surface area (Å²) in [5, 5.41) is 3.28. The molecule has 2 nitrogen and oxygen atoms in total. The number of aryl methyl sites for hydroxylation is 1. The van der Waals surface area contributed by atoms with E-state index in [1.807, 2.05) is 20.0 Å². The van der Waals surface area contributed by atoms with E-state index in [9.17, 15) is 4.39 Å². The lowest BCUT2D eigenvalue weighted by Crippen LogP contribution is -2.45. The molecule has 2 atom stereocenters. The quantitative estimate of drug-likeness (QED) is 0.898. The molecule has 0 amide bonds. The van der Waals surface area contributed by atoms with Crippen LogP contribution in [0.1, 0.15) is 43.4 Å². The van der Waals surface area contributed by atoms with E-state index in [1.54, 1.807) is 6.07 Å². The molecule has 3 heteroatoms. The van der Waals surface area contributed by atoms with Gasteiger partial charge in [0.2, 0.25) is 0 Å². The first-order valence-electron chi connectivity index (χ1n) is 7.30. The number of hydrogen-bond donors (Lipinski definition) is 1. The molecule has 2 unspecified atom stereocenters. The molecule has 1 saturated heterocycles. The second-order valence-electron chi connectivity index (χ2n) is 5.63. The molecule has 2 rings (SSSR count). The number of hydrogen-bond acceptors (Lipinski definition) is 2. The molecule has 1 aliphatic heterocycles. The van der Waals surface area contributed by atoms with Gasteiger partial charge in [-0.1, -0.05) is 18.6 Å². The Kier molecular flexibility index (Phi) is 4.94. The van der Waals surface area contributed by atoms with Crippen LogP contribution in [0.2, 0.25) is 0 Å². The highest BCUT2D eigenvalue weighted by atomic mass is 19.1. The van der Waals surface area contributed by atoms with Gasteiger partial charge in [-0.2, -0.15) is 0 Å². The minimum Gasteiger partial charge on any atom is -0.318 e. The van der Waals surface area contributed by atoms with Gasteiger partial charge in [-0.15, -0.1) is 0 Å². The van der Waals surface area contributed by atoms with Crippen LogP contribution in [0.15, 0.2) is 18.2 Å². The molecule has 0 bridgehead atoms. The van der Waals surface area contributed by atoms with Gasteiger partial charge in [-0.25, -0.2) is 4.39 Å². The molecule has 0 saturated carbocycles. The number of piperidine rings is 1. The van der Waals surface area contributed by atoms with Crippen LogP contribution in [0.25, 0.3) is 0 Å². The summed E-state index contributed by atoms with van der Waals surface area (Å²) in [6.07, 6.45) is 3.79. The van der Waals surface area contributed by atoms with Crippen molar-refractivity contribution in [1.29, 1.82) is 0 Å². The molecule has 1 fully saturated rings. The lowest BCUT2D eigenvalue weighted by Gasteiger charge is -2.40. The van der Waals surface area contributed by atoms with Crippen LogP contribution in [-0.4, -0.2) is 31.1 Å². The first kappa shape index (κ1) is 14.5.